The van der Waals surface area contributed by atoms with Gasteiger partial charge < -0.3 is 19.7 Å². The fourth-order valence-corrected chi connectivity index (χ4v) is 5.61. The molecule has 42 heavy (non-hydrogen) atoms. The van der Waals surface area contributed by atoms with Gasteiger partial charge in [0.25, 0.3) is 5.91 Å². The molecule has 3 heterocycles. The molecule has 0 radical (unpaired) electrons. The Kier molecular flexibility index (Phi) is 7.95. The topological polar surface area (TPSA) is 112 Å². The van der Waals surface area contributed by atoms with Gasteiger partial charge in [0.2, 0.25) is 16.0 Å². The number of likely N-dealkylation sites (tertiary alicyclic amines) is 1. The third-order valence-electron chi connectivity index (χ3n) is 7.55. The van der Waals surface area contributed by atoms with Gasteiger partial charge in [-0.1, -0.05) is 6.07 Å². The van der Waals surface area contributed by atoms with E-state index in [1.807, 2.05) is 37.0 Å². The molecule has 2 aromatic heterocycles. The first kappa shape index (κ1) is 29.5. The Balaban J connectivity index is 1.34. The van der Waals surface area contributed by atoms with E-state index in [-0.39, 0.29) is 17.4 Å². The van der Waals surface area contributed by atoms with Crippen LogP contribution < -0.4 is 10.0 Å². The third-order valence-corrected chi connectivity index (χ3v) is 9.66. The van der Waals surface area contributed by atoms with Crippen molar-refractivity contribution in [1.29, 1.82) is 0 Å². The summed E-state index contributed by atoms with van der Waals surface area (Å²) in [5.74, 6) is -0.672. The number of halogens is 1. The summed E-state index contributed by atoms with van der Waals surface area (Å²) in [5, 5.41) is 3.80. The summed E-state index contributed by atoms with van der Waals surface area (Å²) in [6.45, 7) is 6.10. The maximum absolute atomic E-state index is 15.1. The number of hydrogen-bond donors (Lipinski definition) is 2. The molecule has 0 atom stereocenters. The van der Waals surface area contributed by atoms with Gasteiger partial charge in [-0.05, 0) is 90.2 Å². The van der Waals surface area contributed by atoms with Crippen LogP contribution in [-0.4, -0.2) is 76.6 Å². The maximum Gasteiger partial charge on any atom is 0.256 e. The Morgan fingerprint density at radius 1 is 1.05 bits per heavy atom. The first-order valence-electron chi connectivity index (χ1n) is 13.8. The van der Waals surface area contributed by atoms with Crippen LogP contribution in [0.1, 0.15) is 44.0 Å². The first-order valence-corrected chi connectivity index (χ1v) is 15.3. The van der Waals surface area contributed by atoms with Crippen LogP contribution in [0.2, 0.25) is 0 Å². The molecule has 0 aliphatic carbocycles. The number of benzene rings is 2. The lowest BCUT2D eigenvalue weighted by Crippen LogP contribution is -2.44. The predicted molar refractivity (Wildman–Crippen MR) is 163 cm³/mol. The molecule has 12 heteroatoms. The second-order valence-electron chi connectivity index (χ2n) is 11.7. The molecule has 2 N–H and O–H groups in total. The fourth-order valence-electron chi connectivity index (χ4n) is 4.87. The van der Waals surface area contributed by atoms with Crippen LogP contribution in [0.4, 0.5) is 21.7 Å². The Morgan fingerprint density at radius 2 is 1.79 bits per heavy atom. The molecule has 4 aromatic rings. The molecule has 222 valence electrons. The highest BCUT2D eigenvalue weighted by Gasteiger charge is 2.29. The molecule has 1 saturated heterocycles. The van der Waals surface area contributed by atoms with E-state index in [1.165, 1.54) is 12.1 Å². The van der Waals surface area contributed by atoms with Crippen molar-refractivity contribution in [3.8, 4) is 5.69 Å². The van der Waals surface area contributed by atoms with E-state index in [0.717, 1.165) is 18.2 Å². The van der Waals surface area contributed by atoms with E-state index in [9.17, 15) is 13.2 Å². The normalized spacial score (nSPS) is 14.9. The van der Waals surface area contributed by atoms with Crippen LogP contribution in [0.25, 0.3) is 16.7 Å². The summed E-state index contributed by atoms with van der Waals surface area (Å²) in [4.78, 5) is 25.8. The van der Waals surface area contributed by atoms with Crippen molar-refractivity contribution in [3.05, 3.63) is 72.3 Å². The van der Waals surface area contributed by atoms with Crippen molar-refractivity contribution >= 4 is 44.3 Å². The lowest BCUT2D eigenvalue weighted by molar-refractivity contribution is 0.0658. The SMILES string of the molecule is CN(C)C1CCN(C(=O)c2ccc(Nc3ncc4ccn(-c5cccc(NS(=O)(=O)C(C)(C)C)c5)c4n3)cc2F)CC1. The highest BCUT2D eigenvalue weighted by molar-refractivity contribution is 7.94. The second kappa shape index (κ2) is 11.3. The average molecular weight is 594 g/mol. The van der Waals surface area contributed by atoms with E-state index >= 15 is 4.39 Å². The molecule has 1 aliphatic rings. The summed E-state index contributed by atoms with van der Waals surface area (Å²) < 4.78 is 43.9. The minimum absolute atomic E-state index is 0.0380. The number of carbonyl (C=O) groups is 1. The molecule has 1 aliphatic heterocycles. The van der Waals surface area contributed by atoms with Crippen LogP contribution >= 0.6 is 0 Å². The van der Waals surface area contributed by atoms with Crippen molar-refractivity contribution in [2.24, 2.45) is 0 Å². The molecule has 10 nitrogen and oxygen atoms in total. The van der Waals surface area contributed by atoms with Gasteiger partial charge in [0, 0.05) is 48.3 Å². The largest absolute Gasteiger partial charge is 0.338 e. The number of aromatic nitrogens is 3. The zero-order valence-corrected chi connectivity index (χ0v) is 25.2. The minimum atomic E-state index is -3.60. The van der Waals surface area contributed by atoms with Gasteiger partial charge in [-0.25, -0.2) is 17.8 Å². The van der Waals surface area contributed by atoms with Crippen LogP contribution in [0.5, 0.6) is 0 Å². The minimum Gasteiger partial charge on any atom is -0.338 e. The predicted octanol–water partition coefficient (Wildman–Crippen LogP) is 5.01. The lowest BCUT2D eigenvalue weighted by atomic mass is 10.0. The summed E-state index contributed by atoms with van der Waals surface area (Å²) in [6, 6.07) is 13.7. The van der Waals surface area contributed by atoms with Gasteiger partial charge in [0.1, 0.15) is 11.5 Å². The molecule has 0 unspecified atom stereocenters. The molecule has 5 rings (SSSR count). The number of piperidine rings is 1. The molecule has 0 saturated carbocycles. The maximum atomic E-state index is 15.1. The highest BCUT2D eigenvalue weighted by atomic mass is 32.2. The molecule has 1 amide bonds. The number of hydrogen-bond acceptors (Lipinski definition) is 7. The first-order chi connectivity index (χ1) is 19.8. The standard InChI is InChI=1S/C30H36FN7O3S/c1-30(2,3)42(40,41)35-22-7-6-8-24(17-22)38-16-11-20-19-32-29(34-27(20)38)33-21-9-10-25(26(31)18-21)28(39)37-14-12-23(13-15-37)36(4)5/h6-11,16-19,23,35H,12-15H2,1-5H3,(H,32,33,34). The fraction of sp³-hybridized carbons (Fsp3) is 0.367. The van der Waals surface area contributed by atoms with Gasteiger partial charge >= 0.3 is 0 Å². The number of nitrogens with zero attached hydrogens (tertiary/aromatic N) is 5. The van der Waals surface area contributed by atoms with Gasteiger partial charge in [-0.2, -0.15) is 4.98 Å². The quantitative estimate of drug-likeness (QED) is 0.310. The van der Waals surface area contributed by atoms with Gasteiger partial charge in [-0.3, -0.25) is 9.52 Å². The number of nitrogens with one attached hydrogen (secondary N) is 2. The van der Waals surface area contributed by atoms with Crippen molar-refractivity contribution in [2.45, 2.75) is 44.4 Å². The van der Waals surface area contributed by atoms with Crippen molar-refractivity contribution < 1.29 is 17.6 Å². The summed E-state index contributed by atoms with van der Waals surface area (Å²) in [6.07, 6.45) is 5.19. The smallest absolute Gasteiger partial charge is 0.256 e. The third kappa shape index (κ3) is 6.09. The molecular weight excluding hydrogens is 557 g/mol. The van der Waals surface area contributed by atoms with Crippen LogP contribution in [0.3, 0.4) is 0 Å². The van der Waals surface area contributed by atoms with E-state index in [2.05, 4.69) is 24.9 Å². The summed E-state index contributed by atoms with van der Waals surface area (Å²) in [7, 11) is 0.470. The van der Waals surface area contributed by atoms with Crippen molar-refractivity contribution in [3.63, 3.8) is 0 Å². The zero-order chi connectivity index (χ0) is 30.2. The molecule has 2 aromatic carbocycles. The van der Waals surface area contributed by atoms with E-state index in [1.54, 1.807) is 56.1 Å². The molecule has 0 bridgehead atoms. The zero-order valence-electron chi connectivity index (χ0n) is 24.4. The van der Waals surface area contributed by atoms with Crippen LogP contribution in [0.15, 0.2) is 60.9 Å². The van der Waals surface area contributed by atoms with Crippen LogP contribution in [0, 0.1) is 5.82 Å². The number of fused-ring (bicyclic) bond motifs is 1. The second-order valence-corrected chi connectivity index (χ2v) is 14.2. The number of anilines is 3. The van der Waals surface area contributed by atoms with E-state index in [4.69, 9.17) is 0 Å². The average Bonchev–Trinajstić information content (AvgIpc) is 3.35. The van der Waals surface area contributed by atoms with Gasteiger partial charge in [0.05, 0.1) is 16.0 Å². The molecular formula is C30H36FN7O3S. The Morgan fingerprint density at radius 3 is 2.45 bits per heavy atom. The molecule has 0 spiro atoms. The lowest BCUT2D eigenvalue weighted by Gasteiger charge is -2.35. The summed E-state index contributed by atoms with van der Waals surface area (Å²) in [5.41, 5.74) is 2.16. The Hall–Kier alpha value is -4.03. The van der Waals surface area contributed by atoms with Crippen molar-refractivity contribution in [2.75, 3.05) is 37.2 Å². The Labute approximate surface area is 245 Å². The number of carbonyl (C=O) groups excluding carboxylic acids is 1. The van der Waals surface area contributed by atoms with Gasteiger partial charge in [0.15, 0.2) is 0 Å². The number of rotatable bonds is 7. The molecule has 1 fully saturated rings. The van der Waals surface area contributed by atoms with Crippen LogP contribution in [-0.2, 0) is 10.0 Å². The Bertz CT molecular complexity index is 1720. The van der Waals surface area contributed by atoms with E-state index < -0.39 is 20.6 Å². The number of amides is 1. The van der Waals surface area contributed by atoms with Crippen molar-refractivity contribution in [1.82, 2.24) is 24.3 Å². The van der Waals surface area contributed by atoms with Gasteiger partial charge in [-0.15, -0.1) is 0 Å². The van der Waals surface area contributed by atoms with E-state index in [0.29, 0.717) is 41.8 Å². The summed E-state index contributed by atoms with van der Waals surface area (Å²) >= 11 is 0. The monoisotopic (exact) mass is 593 g/mol. The number of sulfonamides is 1. The highest BCUT2D eigenvalue weighted by Crippen LogP contribution is 2.26.